The maximum absolute atomic E-state index is 13.2. The molecule has 1 aromatic carbocycles. The van der Waals surface area contributed by atoms with Crippen LogP contribution in [0.15, 0.2) is 33.5 Å². The van der Waals surface area contributed by atoms with Crippen molar-refractivity contribution in [3.8, 4) is 0 Å². The summed E-state index contributed by atoms with van der Waals surface area (Å²) in [5.41, 5.74) is 0.926. The average molecular weight is 352 g/mol. The first kappa shape index (κ1) is 15.6. The summed E-state index contributed by atoms with van der Waals surface area (Å²) >= 11 is 0. The Hall–Kier alpha value is -2.63. The van der Waals surface area contributed by atoms with Gasteiger partial charge >= 0.3 is 11.7 Å². The van der Waals surface area contributed by atoms with Crippen LogP contribution < -0.4 is 10.9 Å². The number of urea groups is 1. The largest absolute Gasteiger partial charge is 0.423 e. The molecule has 0 unspecified atom stereocenters. The van der Waals surface area contributed by atoms with E-state index in [0.29, 0.717) is 11.1 Å². The van der Waals surface area contributed by atoms with E-state index in [1.165, 1.54) is 11.0 Å². The SMILES string of the molecule is Cc1ccc2c(CN3C(=O)NC(C4CC4)(C4CC4)C3=O)cc(=O)oc2c1. The number of benzene rings is 1. The fourth-order valence-electron chi connectivity index (χ4n) is 4.36. The van der Waals surface area contributed by atoms with E-state index in [4.69, 9.17) is 4.42 Å². The van der Waals surface area contributed by atoms with E-state index in [0.717, 1.165) is 36.6 Å². The number of carbonyl (C=O) groups is 2. The molecular weight excluding hydrogens is 332 g/mol. The molecule has 0 atom stereocenters. The fourth-order valence-corrected chi connectivity index (χ4v) is 4.36. The van der Waals surface area contributed by atoms with Crippen LogP contribution in [0, 0.1) is 18.8 Å². The Labute approximate surface area is 150 Å². The Morgan fingerprint density at radius 2 is 1.81 bits per heavy atom. The zero-order chi connectivity index (χ0) is 18.1. The highest BCUT2D eigenvalue weighted by Crippen LogP contribution is 2.54. The van der Waals surface area contributed by atoms with Crippen LogP contribution in [0.2, 0.25) is 0 Å². The molecule has 1 aromatic heterocycles. The first-order valence-corrected chi connectivity index (χ1v) is 9.16. The Morgan fingerprint density at radius 1 is 1.12 bits per heavy atom. The van der Waals surface area contributed by atoms with Crippen LogP contribution in [0.4, 0.5) is 4.79 Å². The molecule has 3 aliphatic rings. The van der Waals surface area contributed by atoms with E-state index in [1.54, 1.807) is 6.07 Å². The molecule has 0 bridgehead atoms. The summed E-state index contributed by atoms with van der Waals surface area (Å²) in [5.74, 6) is 0.398. The van der Waals surface area contributed by atoms with Gasteiger partial charge in [0.15, 0.2) is 0 Å². The number of imide groups is 1. The normalized spacial score (nSPS) is 22.1. The highest BCUT2D eigenvalue weighted by Gasteiger charge is 2.65. The van der Waals surface area contributed by atoms with Crippen molar-refractivity contribution in [3.63, 3.8) is 0 Å². The zero-order valence-corrected chi connectivity index (χ0v) is 14.6. The summed E-state index contributed by atoms with van der Waals surface area (Å²) < 4.78 is 5.28. The molecule has 134 valence electrons. The van der Waals surface area contributed by atoms with Gasteiger partial charge in [-0.3, -0.25) is 9.69 Å². The molecule has 0 radical (unpaired) electrons. The van der Waals surface area contributed by atoms with E-state index in [9.17, 15) is 14.4 Å². The zero-order valence-electron chi connectivity index (χ0n) is 14.6. The van der Waals surface area contributed by atoms with Crippen molar-refractivity contribution < 1.29 is 14.0 Å². The molecule has 3 fully saturated rings. The lowest BCUT2D eigenvalue weighted by atomic mass is 9.87. The summed E-state index contributed by atoms with van der Waals surface area (Å²) in [7, 11) is 0. The third kappa shape index (κ3) is 2.21. The van der Waals surface area contributed by atoms with Crippen LogP contribution in [0.1, 0.15) is 36.8 Å². The average Bonchev–Trinajstić information content (AvgIpc) is 3.48. The van der Waals surface area contributed by atoms with Crippen LogP contribution in [-0.2, 0) is 11.3 Å². The molecule has 1 aliphatic heterocycles. The van der Waals surface area contributed by atoms with Gasteiger partial charge in [-0.2, -0.15) is 0 Å². The van der Waals surface area contributed by atoms with E-state index >= 15 is 0 Å². The lowest BCUT2D eigenvalue weighted by Crippen LogP contribution is -2.51. The maximum Gasteiger partial charge on any atom is 0.336 e. The van der Waals surface area contributed by atoms with Gasteiger partial charge in [-0.25, -0.2) is 9.59 Å². The molecule has 5 rings (SSSR count). The summed E-state index contributed by atoms with van der Waals surface area (Å²) in [5, 5.41) is 3.77. The van der Waals surface area contributed by atoms with Gasteiger partial charge in [-0.05, 0) is 61.6 Å². The topological polar surface area (TPSA) is 79.6 Å². The quantitative estimate of drug-likeness (QED) is 0.678. The molecule has 0 spiro atoms. The number of hydrogen-bond donors (Lipinski definition) is 1. The molecular formula is C20H20N2O4. The van der Waals surface area contributed by atoms with Crippen LogP contribution >= 0.6 is 0 Å². The van der Waals surface area contributed by atoms with Gasteiger partial charge in [-0.1, -0.05) is 12.1 Å². The van der Waals surface area contributed by atoms with E-state index in [-0.39, 0.29) is 30.3 Å². The Morgan fingerprint density at radius 3 is 2.46 bits per heavy atom. The number of nitrogens with zero attached hydrogens (tertiary/aromatic N) is 1. The van der Waals surface area contributed by atoms with Crippen molar-refractivity contribution in [1.82, 2.24) is 10.2 Å². The van der Waals surface area contributed by atoms with Gasteiger partial charge in [0.05, 0.1) is 6.54 Å². The highest BCUT2D eigenvalue weighted by atomic mass is 16.4. The van der Waals surface area contributed by atoms with Gasteiger partial charge in [0.25, 0.3) is 5.91 Å². The summed E-state index contributed by atoms with van der Waals surface area (Å²) in [6.07, 6.45) is 3.97. The molecule has 2 aromatic rings. The number of rotatable bonds is 4. The predicted molar refractivity (Wildman–Crippen MR) is 94.5 cm³/mol. The van der Waals surface area contributed by atoms with Gasteiger partial charge < -0.3 is 9.73 Å². The molecule has 26 heavy (non-hydrogen) atoms. The minimum atomic E-state index is -0.705. The van der Waals surface area contributed by atoms with Crippen molar-refractivity contribution >= 4 is 22.9 Å². The smallest absolute Gasteiger partial charge is 0.336 e. The molecule has 6 nitrogen and oxygen atoms in total. The second-order valence-electron chi connectivity index (χ2n) is 7.83. The predicted octanol–water partition coefficient (Wildman–Crippen LogP) is 2.71. The maximum atomic E-state index is 13.2. The Kier molecular flexibility index (Phi) is 3.12. The second kappa shape index (κ2) is 5.19. The molecule has 1 saturated heterocycles. The first-order chi connectivity index (χ1) is 12.5. The lowest BCUT2D eigenvalue weighted by Gasteiger charge is -2.26. The van der Waals surface area contributed by atoms with Gasteiger partial charge in [-0.15, -0.1) is 0 Å². The summed E-state index contributed by atoms with van der Waals surface area (Å²) in [4.78, 5) is 39.1. The van der Waals surface area contributed by atoms with Crippen LogP contribution in [0.5, 0.6) is 0 Å². The van der Waals surface area contributed by atoms with Crippen molar-refractivity contribution in [3.05, 3.63) is 45.8 Å². The van der Waals surface area contributed by atoms with E-state index < -0.39 is 11.2 Å². The second-order valence-corrected chi connectivity index (χ2v) is 7.83. The summed E-state index contributed by atoms with van der Waals surface area (Å²) in [6, 6.07) is 6.63. The van der Waals surface area contributed by atoms with Gasteiger partial charge in [0.2, 0.25) is 0 Å². The van der Waals surface area contributed by atoms with Crippen LogP contribution in [-0.4, -0.2) is 22.4 Å². The van der Waals surface area contributed by atoms with Crippen LogP contribution in [0.3, 0.4) is 0 Å². The molecule has 2 aliphatic carbocycles. The van der Waals surface area contributed by atoms with Gasteiger partial charge in [0.1, 0.15) is 11.1 Å². The monoisotopic (exact) mass is 352 g/mol. The van der Waals surface area contributed by atoms with Crippen LogP contribution in [0.25, 0.3) is 11.0 Å². The number of amides is 3. The summed E-state index contributed by atoms with van der Waals surface area (Å²) in [6.45, 7) is 2.01. The third-order valence-electron chi connectivity index (χ3n) is 5.91. The standard InChI is InChI=1S/C20H20N2O4/c1-11-2-7-15-12(9-17(23)26-16(15)8-11)10-22-18(24)20(13-3-4-13,14-5-6-14)21-19(22)25/h2,7-9,13-14H,3-6,10H2,1H3,(H,21,25). The van der Waals surface area contributed by atoms with Crippen molar-refractivity contribution in [1.29, 1.82) is 0 Å². The van der Waals surface area contributed by atoms with E-state index in [1.807, 2.05) is 19.1 Å². The van der Waals surface area contributed by atoms with Gasteiger partial charge in [0, 0.05) is 11.5 Å². The fraction of sp³-hybridized carbons (Fsp3) is 0.450. The van der Waals surface area contributed by atoms with E-state index in [2.05, 4.69) is 5.32 Å². The van der Waals surface area contributed by atoms with Crippen molar-refractivity contribution in [2.24, 2.45) is 11.8 Å². The minimum absolute atomic E-state index is 0.0943. The molecule has 2 heterocycles. The Balaban J connectivity index is 1.54. The number of aryl methyl sites for hydroxylation is 1. The highest BCUT2D eigenvalue weighted by molar-refractivity contribution is 6.08. The van der Waals surface area contributed by atoms with Crippen molar-refractivity contribution in [2.45, 2.75) is 44.7 Å². The van der Waals surface area contributed by atoms with Crippen molar-refractivity contribution in [2.75, 3.05) is 0 Å². The molecule has 6 heteroatoms. The molecule has 2 saturated carbocycles. The molecule has 1 N–H and O–H groups in total. The third-order valence-corrected chi connectivity index (χ3v) is 5.91. The minimum Gasteiger partial charge on any atom is -0.423 e. The number of hydrogen-bond acceptors (Lipinski definition) is 4. The number of carbonyl (C=O) groups excluding carboxylic acids is 2. The lowest BCUT2D eigenvalue weighted by molar-refractivity contribution is -0.133. The number of nitrogens with one attached hydrogen (secondary N) is 1. The Bertz CT molecular complexity index is 989. The molecule has 3 amide bonds. The first-order valence-electron chi connectivity index (χ1n) is 9.16. The number of fused-ring (bicyclic) bond motifs is 1.